The number of aromatic nitrogens is 1. The Hall–Kier alpha value is -0.710. The highest BCUT2D eigenvalue weighted by Crippen LogP contribution is 2.23. The zero-order valence-corrected chi connectivity index (χ0v) is 19.6. The molecule has 0 amide bonds. The number of fused-ring (bicyclic) bond motifs is 1. The van der Waals surface area contributed by atoms with Crippen LogP contribution >= 0.6 is 46.7 Å². The van der Waals surface area contributed by atoms with Gasteiger partial charge in [0.15, 0.2) is 5.96 Å². The summed E-state index contributed by atoms with van der Waals surface area (Å²) in [7, 11) is 0. The van der Waals surface area contributed by atoms with Gasteiger partial charge in [-0.1, -0.05) is 0 Å². The Kier molecular flexibility index (Phi) is 8.78. The summed E-state index contributed by atoms with van der Waals surface area (Å²) < 4.78 is 0. The molecule has 5 nitrogen and oxygen atoms in total. The number of hydrogen-bond acceptors (Lipinski definition) is 5. The Morgan fingerprint density at radius 3 is 2.92 bits per heavy atom. The second kappa shape index (κ2) is 10.6. The Morgan fingerprint density at radius 2 is 2.19 bits per heavy atom. The molecule has 3 heterocycles. The van der Waals surface area contributed by atoms with E-state index >= 15 is 0 Å². The van der Waals surface area contributed by atoms with E-state index in [9.17, 15) is 0 Å². The van der Waals surface area contributed by atoms with Crippen LogP contribution in [0.1, 0.15) is 32.9 Å². The van der Waals surface area contributed by atoms with Crippen LogP contribution in [0.3, 0.4) is 0 Å². The van der Waals surface area contributed by atoms with E-state index in [-0.39, 0.29) is 24.0 Å². The standard InChI is InChI=1S/C18H27N5S2.HI/c1-4-19-18(21-11-17-13(2)22-14(3)25-17)20-7-9-23-8-5-16-15(12-23)6-10-24-16;/h6,10H,4-5,7-9,11-12H2,1-3H3,(H2,19,20,21);1H. The molecule has 0 atom stereocenters. The molecule has 26 heavy (non-hydrogen) atoms. The smallest absolute Gasteiger partial charge is 0.191 e. The number of guanidine groups is 1. The Labute approximate surface area is 181 Å². The largest absolute Gasteiger partial charge is 0.357 e. The van der Waals surface area contributed by atoms with Gasteiger partial charge >= 0.3 is 0 Å². The molecule has 0 unspecified atom stereocenters. The summed E-state index contributed by atoms with van der Waals surface area (Å²) >= 11 is 3.63. The summed E-state index contributed by atoms with van der Waals surface area (Å²) in [5, 5.41) is 10.1. The highest BCUT2D eigenvalue weighted by molar-refractivity contribution is 14.0. The molecule has 1 aliphatic heterocycles. The van der Waals surface area contributed by atoms with Crippen molar-refractivity contribution < 1.29 is 0 Å². The molecule has 2 N–H and O–H groups in total. The van der Waals surface area contributed by atoms with Crippen LogP contribution in [0.15, 0.2) is 16.4 Å². The van der Waals surface area contributed by atoms with Crippen molar-refractivity contribution in [2.75, 3.05) is 26.2 Å². The van der Waals surface area contributed by atoms with Crippen molar-refractivity contribution in [3.63, 3.8) is 0 Å². The first kappa shape index (κ1) is 21.6. The van der Waals surface area contributed by atoms with E-state index in [1.807, 2.05) is 18.3 Å². The third-order valence-corrected chi connectivity index (χ3v) is 6.41. The zero-order chi connectivity index (χ0) is 17.6. The first-order valence-electron chi connectivity index (χ1n) is 8.88. The molecule has 0 aliphatic carbocycles. The first-order valence-corrected chi connectivity index (χ1v) is 10.6. The number of halogens is 1. The van der Waals surface area contributed by atoms with Crippen molar-refractivity contribution in [2.45, 2.75) is 40.3 Å². The summed E-state index contributed by atoms with van der Waals surface area (Å²) in [6.45, 7) is 11.9. The van der Waals surface area contributed by atoms with Crippen LogP contribution < -0.4 is 10.6 Å². The van der Waals surface area contributed by atoms with E-state index in [2.05, 4.69) is 45.8 Å². The van der Waals surface area contributed by atoms with Gasteiger partial charge in [-0.25, -0.2) is 9.98 Å². The molecule has 144 valence electrons. The quantitative estimate of drug-likeness (QED) is 0.358. The summed E-state index contributed by atoms with van der Waals surface area (Å²) in [6, 6.07) is 2.27. The van der Waals surface area contributed by atoms with E-state index in [0.29, 0.717) is 6.54 Å². The molecule has 2 aromatic rings. The fourth-order valence-electron chi connectivity index (χ4n) is 3.04. The van der Waals surface area contributed by atoms with Crippen LogP contribution in [0.5, 0.6) is 0 Å². The molecule has 0 saturated heterocycles. The summed E-state index contributed by atoms with van der Waals surface area (Å²) in [5.41, 5.74) is 2.61. The van der Waals surface area contributed by atoms with Crippen molar-refractivity contribution >= 4 is 52.6 Å². The molecule has 1 aliphatic rings. The third kappa shape index (κ3) is 5.90. The lowest BCUT2D eigenvalue weighted by atomic mass is 10.1. The van der Waals surface area contributed by atoms with Gasteiger partial charge in [0.1, 0.15) is 0 Å². The molecule has 3 rings (SSSR count). The number of thiophene rings is 1. The van der Waals surface area contributed by atoms with Gasteiger partial charge in [0, 0.05) is 42.5 Å². The predicted octanol–water partition coefficient (Wildman–Crippen LogP) is 3.55. The molecule has 0 radical (unpaired) electrons. The molecule has 2 aromatic heterocycles. The molecule has 0 fully saturated rings. The summed E-state index contributed by atoms with van der Waals surface area (Å²) in [5.74, 6) is 0.890. The van der Waals surface area contributed by atoms with Crippen molar-refractivity contribution in [1.29, 1.82) is 0 Å². The fraction of sp³-hybridized carbons (Fsp3) is 0.556. The molecule has 0 bridgehead atoms. The van der Waals surface area contributed by atoms with Gasteiger partial charge in [0.25, 0.3) is 0 Å². The van der Waals surface area contributed by atoms with Crippen LogP contribution in [0.2, 0.25) is 0 Å². The maximum Gasteiger partial charge on any atom is 0.191 e. The van der Waals surface area contributed by atoms with Crippen molar-refractivity contribution in [3.8, 4) is 0 Å². The Morgan fingerprint density at radius 1 is 1.35 bits per heavy atom. The van der Waals surface area contributed by atoms with Gasteiger partial charge in [-0.05, 0) is 44.2 Å². The average molecular weight is 505 g/mol. The lowest BCUT2D eigenvalue weighted by molar-refractivity contribution is 0.260. The van der Waals surface area contributed by atoms with Crippen LogP contribution in [-0.2, 0) is 19.5 Å². The van der Waals surface area contributed by atoms with Gasteiger partial charge in [0.2, 0.25) is 0 Å². The van der Waals surface area contributed by atoms with Gasteiger partial charge < -0.3 is 10.6 Å². The number of thiazole rings is 1. The number of nitrogens with zero attached hydrogens (tertiary/aromatic N) is 3. The number of hydrogen-bond donors (Lipinski definition) is 2. The maximum absolute atomic E-state index is 4.72. The summed E-state index contributed by atoms with van der Waals surface area (Å²) in [4.78, 5) is 14.5. The Bertz CT molecular complexity index is 725. The predicted molar refractivity (Wildman–Crippen MR) is 123 cm³/mol. The normalized spacial score (nSPS) is 14.7. The minimum atomic E-state index is 0. The van der Waals surface area contributed by atoms with Crippen molar-refractivity contribution in [1.82, 2.24) is 20.5 Å². The van der Waals surface area contributed by atoms with Gasteiger partial charge in [0.05, 0.1) is 17.2 Å². The lowest BCUT2D eigenvalue weighted by Gasteiger charge is -2.27. The van der Waals surface area contributed by atoms with Gasteiger partial charge in [-0.3, -0.25) is 4.90 Å². The summed E-state index contributed by atoms with van der Waals surface area (Å²) in [6.07, 6.45) is 1.19. The molecule has 0 spiro atoms. The van der Waals surface area contributed by atoms with Crippen LogP contribution in [0.4, 0.5) is 0 Å². The maximum atomic E-state index is 4.72. The van der Waals surface area contributed by atoms with Crippen LogP contribution in [0, 0.1) is 13.8 Å². The van der Waals surface area contributed by atoms with Gasteiger partial charge in [-0.2, -0.15) is 0 Å². The van der Waals surface area contributed by atoms with E-state index < -0.39 is 0 Å². The third-order valence-electron chi connectivity index (χ3n) is 4.33. The molecule has 8 heteroatoms. The molecule has 0 aromatic carbocycles. The minimum Gasteiger partial charge on any atom is -0.357 e. The van der Waals surface area contributed by atoms with Gasteiger partial charge in [-0.15, -0.1) is 46.7 Å². The van der Waals surface area contributed by atoms with Crippen molar-refractivity contribution in [3.05, 3.63) is 37.5 Å². The first-order chi connectivity index (χ1) is 12.2. The monoisotopic (exact) mass is 505 g/mol. The topological polar surface area (TPSA) is 52.6 Å². The highest BCUT2D eigenvalue weighted by atomic mass is 127. The van der Waals surface area contributed by atoms with E-state index in [0.717, 1.165) is 49.4 Å². The number of aryl methyl sites for hydroxylation is 2. The average Bonchev–Trinajstić information content (AvgIpc) is 3.18. The van der Waals surface area contributed by atoms with E-state index in [1.165, 1.54) is 16.9 Å². The second-order valence-electron chi connectivity index (χ2n) is 6.26. The Balaban J connectivity index is 0.00000243. The number of nitrogens with one attached hydrogen (secondary N) is 2. The SMILES string of the molecule is CCNC(=NCc1sc(C)nc1C)NCCN1CCc2sccc2C1.I. The zero-order valence-electron chi connectivity index (χ0n) is 15.7. The number of aliphatic imine (C=N–C) groups is 1. The van der Waals surface area contributed by atoms with Crippen molar-refractivity contribution in [2.24, 2.45) is 4.99 Å². The molecular formula is C18H28IN5S2. The lowest BCUT2D eigenvalue weighted by Crippen LogP contribution is -2.42. The second-order valence-corrected chi connectivity index (χ2v) is 8.55. The number of rotatable bonds is 6. The minimum absolute atomic E-state index is 0. The highest BCUT2D eigenvalue weighted by Gasteiger charge is 2.16. The molecular weight excluding hydrogens is 477 g/mol. The van der Waals surface area contributed by atoms with E-state index in [1.54, 1.807) is 16.2 Å². The fourth-order valence-corrected chi connectivity index (χ4v) is 4.79. The van der Waals surface area contributed by atoms with Crippen LogP contribution in [-0.4, -0.2) is 42.0 Å². The van der Waals surface area contributed by atoms with Crippen LogP contribution in [0.25, 0.3) is 0 Å². The van der Waals surface area contributed by atoms with E-state index in [4.69, 9.17) is 4.99 Å². The molecule has 0 saturated carbocycles.